The lowest BCUT2D eigenvalue weighted by Crippen LogP contribution is -2.38. The fraction of sp³-hybridized carbons (Fsp3) is 0.538. The number of hydrogen-bond donors (Lipinski definition) is 2. The monoisotopic (exact) mass is 298 g/mol. The van der Waals surface area contributed by atoms with Crippen LogP contribution in [0.25, 0.3) is 0 Å². The van der Waals surface area contributed by atoms with Gasteiger partial charge in [-0.1, -0.05) is 15.9 Å². The van der Waals surface area contributed by atoms with Gasteiger partial charge in [0.1, 0.15) is 0 Å². The number of benzene rings is 1. The Hall–Kier alpha value is -0.580. The van der Waals surface area contributed by atoms with E-state index in [9.17, 15) is 5.11 Å². The zero-order valence-corrected chi connectivity index (χ0v) is 11.7. The predicted molar refractivity (Wildman–Crippen MR) is 74.4 cm³/mol. The lowest BCUT2D eigenvalue weighted by molar-refractivity contribution is 0.154. The van der Waals surface area contributed by atoms with E-state index in [-0.39, 0.29) is 6.10 Å². The molecule has 1 atom stereocenters. The Bertz CT molecular complexity index is 384. The lowest BCUT2D eigenvalue weighted by atomic mass is 10.1. The minimum atomic E-state index is -0.185. The fourth-order valence-electron chi connectivity index (χ4n) is 2.37. The van der Waals surface area contributed by atoms with Gasteiger partial charge in [0.15, 0.2) is 0 Å². The number of hydrogen-bond acceptors (Lipinski definition) is 3. The van der Waals surface area contributed by atoms with E-state index in [4.69, 9.17) is 0 Å². The zero-order chi connectivity index (χ0) is 12.3. The van der Waals surface area contributed by atoms with Crippen LogP contribution in [0.2, 0.25) is 0 Å². The van der Waals surface area contributed by atoms with Gasteiger partial charge in [-0.25, -0.2) is 0 Å². The van der Waals surface area contributed by atoms with Gasteiger partial charge in [-0.2, -0.15) is 0 Å². The van der Waals surface area contributed by atoms with Crippen LogP contribution in [0.5, 0.6) is 0 Å². The molecule has 1 fully saturated rings. The molecule has 1 aliphatic rings. The normalized spacial score (nSPS) is 20.6. The smallest absolute Gasteiger partial charge is 0.0715 e. The molecule has 2 N–H and O–H groups in total. The second kappa shape index (κ2) is 5.85. The Kier molecular flexibility index (Phi) is 4.42. The summed E-state index contributed by atoms with van der Waals surface area (Å²) in [7, 11) is 1.95. The first kappa shape index (κ1) is 12.9. The molecular formula is C13H19BrN2O. The molecular weight excluding hydrogens is 280 g/mol. The van der Waals surface area contributed by atoms with Gasteiger partial charge in [0.25, 0.3) is 0 Å². The number of β-amino-alcohol motifs (C(OH)–C–C–N with tert-alkyl or cyclic N) is 1. The van der Waals surface area contributed by atoms with E-state index in [1.807, 2.05) is 7.05 Å². The van der Waals surface area contributed by atoms with Gasteiger partial charge in [0.05, 0.1) is 6.10 Å². The molecule has 1 aromatic carbocycles. The Morgan fingerprint density at radius 3 is 3.06 bits per heavy atom. The van der Waals surface area contributed by atoms with Crippen molar-refractivity contribution in [1.29, 1.82) is 0 Å². The molecule has 0 aromatic heterocycles. The molecule has 1 heterocycles. The summed E-state index contributed by atoms with van der Waals surface area (Å²) >= 11 is 3.51. The van der Waals surface area contributed by atoms with Crippen molar-refractivity contribution >= 4 is 21.6 Å². The summed E-state index contributed by atoms with van der Waals surface area (Å²) in [6, 6.07) is 6.34. The Balaban J connectivity index is 2.23. The molecule has 4 heteroatoms. The first-order valence-electron chi connectivity index (χ1n) is 6.06. The van der Waals surface area contributed by atoms with Gasteiger partial charge in [-0.15, -0.1) is 0 Å². The van der Waals surface area contributed by atoms with Crippen molar-refractivity contribution in [2.24, 2.45) is 0 Å². The zero-order valence-electron chi connectivity index (χ0n) is 10.1. The molecule has 0 radical (unpaired) electrons. The third kappa shape index (κ3) is 3.21. The fourth-order valence-corrected chi connectivity index (χ4v) is 2.78. The number of halogens is 1. The van der Waals surface area contributed by atoms with Gasteiger partial charge >= 0.3 is 0 Å². The minimum Gasteiger partial charge on any atom is -0.391 e. The minimum absolute atomic E-state index is 0.185. The van der Waals surface area contributed by atoms with E-state index in [0.717, 1.165) is 36.9 Å². The molecule has 3 nitrogen and oxygen atoms in total. The highest BCUT2D eigenvalue weighted by Crippen LogP contribution is 2.27. The summed E-state index contributed by atoms with van der Waals surface area (Å²) < 4.78 is 1.10. The molecule has 1 aromatic rings. The third-order valence-corrected chi connectivity index (χ3v) is 3.64. The largest absolute Gasteiger partial charge is 0.391 e. The first-order chi connectivity index (χ1) is 8.20. The van der Waals surface area contributed by atoms with Crippen LogP contribution < -0.4 is 10.2 Å². The van der Waals surface area contributed by atoms with E-state index in [0.29, 0.717) is 0 Å². The second-order valence-corrected chi connectivity index (χ2v) is 5.46. The summed E-state index contributed by atoms with van der Waals surface area (Å²) in [4.78, 5) is 2.28. The van der Waals surface area contributed by atoms with Crippen LogP contribution in [0.3, 0.4) is 0 Å². The van der Waals surface area contributed by atoms with Crippen LogP contribution in [0, 0.1) is 0 Å². The summed E-state index contributed by atoms with van der Waals surface area (Å²) in [5, 5.41) is 12.9. The molecule has 0 saturated carbocycles. The first-order valence-corrected chi connectivity index (χ1v) is 6.86. The number of nitrogens with zero attached hydrogens (tertiary/aromatic N) is 1. The standard InChI is InChI=1S/C13H19BrN2O/c1-15-8-10-7-11(14)4-5-13(10)16-6-2-3-12(17)9-16/h4-5,7,12,15,17H,2-3,6,8-9H2,1H3. The lowest BCUT2D eigenvalue weighted by Gasteiger charge is -2.33. The third-order valence-electron chi connectivity index (χ3n) is 3.15. The molecule has 94 valence electrons. The maximum absolute atomic E-state index is 9.75. The van der Waals surface area contributed by atoms with Crippen molar-refractivity contribution in [1.82, 2.24) is 5.32 Å². The van der Waals surface area contributed by atoms with Gasteiger partial charge in [0, 0.05) is 29.8 Å². The highest BCUT2D eigenvalue weighted by atomic mass is 79.9. The van der Waals surface area contributed by atoms with Crippen LogP contribution in [-0.2, 0) is 6.54 Å². The average Bonchev–Trinajstić information content (AvgIpc) is 2.29. The van der Waals surface area contributed by atoms with E-state index in [1.165, 1.54) is 11.3 Å². The summed E-state index contributed by atoms with van der Waals surface area (Å²) in [6.07, 6.45) is 1.81. The second-order valence-electron chi connectivity index (χ2n) is 4.55. The van der Waals surface area contributed by atoms with Crippen LogP contribution in [-0.4, -0.2) is 31.3 Å². The molecule has 1 saturated heterocycles. The topological polar surface area (TPSA) is 35.5 Å². The highest BCUT2D eigenvalue weighted by molar-refractivity contribution is 9.10. The van der Waals surface area contributed by atoms with Gasteiger partial charge in [-0.05, 0) is 43.7 Å². The number of aliphatic hydroxyl groups is 1. The highest BCUT2D eigenvalue weighted by Gasteiger charge is 2.19. The number of nitrogens with one attached hydrogen (secondary N) is 1. The van der Waals surface area contributed by atoms with Crippen molar-refractivity contribution in [3.05, 3.63) is 28.2 Å². The van der Waals surface area contributed by atoms with Crippen LogP contribution in [0.15, 0.2) is 22.7 Å². The quantitative estimate of drug-likeness (QED) is 0.897. The molecule has 2 rings (SSSR count). The predicted octanol–water partition coefficient (Wildman–Crippen LogP) is 2.13. The molecule has 0 aliphatic carbocycles. The Morgan fingerprint density at radius 2 is 2.35 bits per heavy atom. The van der Waals surface area contributed by atoms with Crippen LogP contribution in [0.1, 0.15) is 18.4 Å². The summed E-state index contributed by atoms with van der Waals surface area (Å²) in [6.45, 7) is 2.63. The molecule has 0 bridgehead atoms. The van der Waals surface area contributed by atoms with Crippen molar-refractivity contribution in [2.45, 2.75) is 25.5 Å². The number of anilines is 1. The maximum Gasteiger partial charge on any atom is 0.0715 e. The number of piperidine rings is 1. The summed E-state index contributed by atoms with van der Waals surface area (Å²) in [5.74, 6) is 0. The molecule has 0 spiro atoms. The van der Waals surface area contributed by atoms with E-state index < -0.39 is 0 Å². The molecule has 1 aliphatic heterocycles. The van der Waals surface area contributed by atoms with E-state index >= 15 is 0 Å². The molecule has 17 heavy (non-hydrogen) atoms. The van der Waals surface area contributed by atoms with Gasteiger partial charge in [0.2, 0.25) is 0 Å². The Labute approximate surface area is 111 Å². The Morgan fingerprint density at radius 1 is 1.53 bits per heavy atom. The van der Waals surface area contributed by atoms with Crippen molar-refractivity contribution in [2.75, 3.05) is 25.0 Å². The number of aliphatic hydroxyl groups excluding tert-OH is 1. The number of rotatable bonds is 3. The van der Waals surface area contributed by atoms with Crippen molar-refractivity contribution < 1.29 is 5.11 Å². The molecule has 1 unspecified atom stereocenters. The van der Waals surface area contributed by atoms with Crippen LogP contribution >= 0.6 is 15.9 Å². The maximum atomic E-state index is 9.75. The SMILES string of the molecule is CNCc1cc(Br)ccc1N1CCCC(O)C1. The van der Waals surface area contributed by atoms with Crippen molar-refractivity contribution in [3.63, 3.8) is 0 Å². The summed E-state index contributed by atoms with van der Waals surface area (Å²) in [5.41, 5.74) is 2.51. The van der Waals surface area contributed by atoms with E-state index in [2.05, 4.69) is 44.3 Å². The van der Waals surface area contributed by atoms with Gasteiger partial charge in [-0.3, -0.25) is 0 Å². The van der Waals surface area contributed by atoms with Gasteiger partial charge < -0.3 is 15.3 Å². The van der Waals surface area contributed by atoms with E-state index in [1.54, 1.807) is 0 Å². The average molecular weight is 299 g/mol. The molecule has 0 amide bonds. The van der Waals surface area contributed by atoms with Crippen LogP contribution in [0.4, 0.5) is 5.69 Å². The van der Waals surface area contributed by atoms with Crippen molar-refractivity contribution in [3.8, 4) is 0 Å².